The summed E-state index contributed by atoms with van der Waals surface area (Å²) in [4.78, 5) is 6.03. The van der Waals surface area contributed by atoms with Crippen molar-refractivity contribution in [3.05, 3.63) is 29.8 Å². The quantitative estimate of drug-likeness (QED) is 0.757. The number of rotatable bonds is 3. The molecule has 5 heteroatoms. The number of nitrogens with zero attached hydrogens (tertiary/aromatic N) is 2. The molecule has 2 heterocycles. The highest BCUT2D eigenvalue weighted by atomic mass is 35.5. The van der Waals surface area contributed by atoms with Crippen LogP contribution in [-0.4, -0.2) is 41.6 Å². The summed E-state index contributed by atoms with van der Waals surface area (Å²) in [7, 11) is 0. The lowest BCUT2D eigenvalue weighted by Crippen LogP contribution is -2.42. The van der Waals surface area contributed by atoms with E-state index in [0.717, 1.165) is 18.7 Å². The Morgan fingerprint density at radius 2 is 2.44 bits per heavy atom. The Kier molecular flexibility index (Phi) is 4.09. The average Bonchev–Trinajstić information content (AvgIpc) is 2.29. The van der Waals surface area contributed by atoms with E-state index < -0.39 is 0 Å². The van der Waals surface area contributed by atoms with Crippen LogP contribution in [0.15, 0.2) is 18.5 Å². The number of aromatic nitrogens is 1. The molecule has 1 aromatic rings. The molecule has 0 saturated carbocycles. The molecular formula is C11H14ClFN2O. The second-order valence-corrected chi connectivity index (χ2v) is 4.20. The fraction of sp³-hybridized carbons (Fsp3) is 0.545. The van der Waals surface area contributed by atoms with Gasteiger partial charge in [0.15, 0.2) is 0 Å². The number of hydrogen-bond acceptors (Lipinski definition) is 3. The summed E-state index contributed by atoms with van der Waals surface area (Å²) in [5, 5.41) is 0. The summed E-state index contributed by atoms with van der Waals surface area (Å²) < 4.78 is 18.4. The first kappa shape index (κ1) is 11.8. The molecule has 0 spiro atoms. The van der Waals surface area contributed by atoms with Gasteiger partial charge < -0.3 is 4.74 Å². The lowest BCUT2D eigenvalue weighted by atomic mass is 10.2. The molecule has 1 aliphatic rings. The third-order valence-electron chi connectivity index (χ3n) is 2.56. The maximum absolute atomic E-state index is 12.9. The number of morpholine rings is 1. The Labute approximate surface area is 99.2 Å². The molecule has 1 aromatic heterocycles. The van der Waals surface area contributed by atoms with Crippen LogP contribution in [0, 0.1) is 5.82 Å². The molecule has 0 aliphatic carbocycles. The Morgan fingerprint density at radius 1 is 1.56 bits per heavy atom. The van der Waals surface area contributed by atoms with E-state index >= 15 is 0 Å². The fourth-order valence-electron chi connectivity index (χ4n) is 1.82. The van der Waals surface area contributed by atoms with Gasteiger partial charge in [0.25, 0.3) is 0 Å². The molecule has 88 valence electrons. The van der Waals surface area contributed by atoms with Crippen molar-refractivity contribution in [2.75, 3.05) is 25.6 Å². The van der Waals surface area contributed by atoms with E-state index in [1.807, 2.05) is 0 Å². The van der Waals surface area contributed by atoms with Gasteiger partial charge in [-0.15, -0.1) is 11.6 Å². The molecule has 0 N–H and O–H groups in total. The largest absolute Gasteiger partial charge is 0.374 e. The van der Waals surface area contributed by atoms with Gasteiger partial charge in [-0.25, -0.2) is 4.39 Å². The van der Waals surface area contributed by atoms with E-state index in [4.69, 9.17) is 16.3 Å². The van der Waals surface area contributed by atoms with Crippen LogP contribution in [0.1, 0.15) is 5.56 Å². The Morgan fingerprint density at radius 3 is 3.19 bits per heavy atom. The Hall–Kier alpha value is -0.710. The standard InChI is InChI=1S/C11H14ClFN2O/c12-4-11-8-15(1-2-16-11)7-9-3-10(13)6-14-5-9/h3,5-6,11H,1-2,4,7-8H2. The maximum Gasteiger partial charge on any atom is 0.141 e. The van der Waals surface area contributed by atoms with E-state index in [-0.39, 0.29) is 11.9 Å². The lowest BCUT2D eigenvalue weighted by molar-refractivity contribution is -0.0194. The van der Waals surface area contributed by atoms with Gasteiger partial charge in [-0.2, -0.15) is 0 Å². The number of pyridine rings is 1. The minimum absolute atomic E-state index is 0.0805. The van der Waals surface area contributed by atoms with Crippen molar-refractivity contribution in [3.63, 3.8) is 0 Å². The molecule has 3 nitrogen and oxygen atoms in total. The summed E-state index contributed by atoms with van der Waals surface area (Å²) in [6.07, 6.45) is 2.98. The summed E-state index contributed by atoms with van der Waals surface area (Å²) >= 11 is 5.75. The number of ether oxygens (including phenoxy) is 1. The van der Waals surface area contributed by atoms with Crippen molar-refractivity contribution >= 4 is 11.6 Å². The van der Waals surface area contributed by atoms with Gasteiger partial charge >= 0.3 is 0 Å². The number of hydrogen-bond donors (Lipinski definition) is 0. The van der Waals surface area contributed by atoms with Gasteiger partial charge in [-0.1, -0.05) is 0 Å². The molecular weight excluding hydrogens is 231 g/mol. The topological polar surface area (TPSA) is 25.4 Å². The lowest BCUT2D eigenvalue weighted by Gasteiger charge is -2.31. The Balaban J connectivity index is 1.94. The third-order valence-corrected chi connectivity index (χ3v) is 2.91. The van der Waals surface area contributed by atoms with Gasteiger partial charge in [0.2, 0.25) is 0 Å². The van der Waals surface area contributed by atoms with Crippen molar-refractivity contribution in [3.8, 4) is 0 Å². The molecule has 0 aromatic carbocycles. The second-order valence-electron chi connectivity index (χ2n) is 3.89. The van der Waals surface area contributed by atoms with Crippen LogP contribution in [-0.2, 0) is 11.3 Å². The highest BCUT2D eigenvalue weighted by Crippen LogP contribution is 2.11. The molecule has 0 bridgehead atoms. The van der Waals surface area contributed by atoms with Crippen LogP contribution < -0.4 is 0 Å². The van der Waals surface area contributed by atoms with Gasteiger partial charge in [0.05, 0.1) is 18.9 Å². The molecule has 1 fully saturated rings. The van der Waals surface area contributed by atoms with Crippen LogP contribution in [0.4, 0.5) is 4.39 Å². The molecule has 1 saturated heterocycles. The van der Waals surface area contributed by atoms with E-state index in [9.17, 15) is 4.39 Å². The zero-order chi connectivity index (χ0) is 11.4. The zero-order valence-corrected chi connectivity index (χ0v) is 9.66. The third kappa shape index (κ3) is 3.14. The predicted molar refractivity (Wildman–Crippen MR) is 59.9 cm³/mol. The highest BCUT2D eigenvalue weighted by Gasteiger charge is 2.19. The summed E-state index contributed by atoms with van der Waals surface area (Å²) in [6, 6.07) is 1.51. The molecule has 1 atom stereocenters. The summed E-state index contributed by atoms with van der Waals surface area (Å²) in [5.41, 5.74) is 0.884. The Bertz CT molecular complexity index is 351. The SMILES string of the molecule is Fc1cncc(CN2CCOC(CCl)C2)c1. The van der Waals surface area contributed by atoms with Crippen LogP contribution in [0.2, 0.25) is 0 Å². The first-order chi connectivity index (χ1) is 7.78. The predicted octanol–water partition coefficient (Wildman–Crippen LogP) is 1.66. The highest BCUT2D eigenvalue weighted by molar-refractivity contribution is 6.18. The van der Waals surface area contributed by atoms with E-state index in [1.165, 1.54) is 12.3 Å². The maximum atomic E-state index is 12.9. The fourth-order valence-corrected chi connectivity index (χ4v) is 2.00. The molecule has 16 heavy (non-hydrogen) atoms. The van der Waals surface area contributed by atoms with Gasteiger partial charge in [0.1, 0.15) is 5.82 Å². The minimum Gasteiger partial charge on any atom is -0.374 e. The van der Waals surface area contributed by atoms with E-state index in [1.54, 1.807) is 6.20 Å². The molecule has 0 radical (unpaired) electrons. The van der Waals surface area contributed by atoms with Crippen LogP contribution in [0.25, 0.3) is 0 Å². The molecule has 1 unspecified atom stereocenters. The molecule has 1 aliphatic heterocycles. The van der Waals surface area contributed by atoms with Gasteiger partial charge in [-0.3, -0.25) is 9.88 Å². The number of alkyl halides is 1. The first-order valence-corrected chi connectivity index (χ1v) is 5.80. The van der Waals surface area contributed by atoms with Gasteiger partial charge in [0, 0.05) is 31.7 Å². The normalized spacial score (nSPS) is 22.2. The van der Waals surface area contributed by atoms with E-state index in [0.29, 0.717) is 19.0 Å². The smallest absolute Gasteiger partial charge is 0.141 e. The van der Waals surface area contributed by atoms with Crippen molar-refractivity contribution in [2.45, 2.75) is 12.6 Å². The monoisotopic (exact) mass is 244 g/mol. The van der Waals surface area contributed by atoms with Crippen LogP contribution >= 0.6 is 11.6 Å². The van der Waals surface area contributed by atoms with Crippen LogP contribution in [0.3, 0.4) is 0 Å². The average molecular weight is 245 g/mol. The number of halogens is 2. The van der Waals surface area contributed by atoms with Crippen molar-refractivity contribution in [1.29, 1.82) is 0 Å². The van der Waals surface area contributed by atoms with Gasteiger partial charge in [-0.05, 0) is 11.6 Å². The summed E-state index contributed by atoms with van der Waals surface area (Å²) in [6.45, 7) is 3.02. The molecule has 2 rings (SSSR count). The van der Waals surface area contributed by atoms with E-state index in [2.05, 4.69) is 9.88 Å². The van der Waals surface area contributed by atoms with Crippen LogP contribution in [0.5, 0.6) is 0 Å². The first-order valence-electron chi connectivity index (χ1n) is 5.27. The van der Waals surface area contributed by atoms with Crippen molar-refractivity contribution in [1.82, 2.24) is 9.88 Å². The summed E-state index contributed by atoms with van der Waals surface area (Å²) in [5.74, 6) is 0.206. The zero-order valence-electron chi connectivity index (χ0n) is 8.90. The minimum atomic E-state index is -0.292. The van der Waals surface area contributed by atoms with Crippen molar-refractivity contribution < 1.29 is 9.13 Å². The second kappa shape index (κ2) is 5.57. The van der Waals surface area contributed by atoms with Crippen molar-refractivity contribution in [2.24, 2.45) is 0 Å². The molecule has 0 amide bonds.